The molecule has 0 aromatic carbocycles. The molecule has 3 atom stereocenters. The third-order valence-electron chi connectivity index (χ3n) is 2.35. The van der Waals surface area contributed by atoms with Gasteiger partial charge in [-0.2, -0.15) is 0 Å². The van der Waals surface area contributed by atoms with Crippen LogP contribution in [0.4, 0.5) is 0 Å². The van der Waals surface area contributed by atoms with Crippen molar-refractivity contribution in [3.8, 4) is 0 Å². The van der Waals surface area contributed by atoms with Crippen LogP contribution in [0.2, 0.25) is 0 Å². The molecule has 0 amide bonds. The molecule has 0 saturated carbocycles. The number of nitrogens with zero attached hydrogens (tertiary/aromatic N) is 1. The minimum absolute atomic E-state index is 0.00231. The second-order valence-electron chi connectivity index (χ2n) is 3.18. The summed E-state index contributed by atoms with van der Waals surface area (Å²) in [4.78, 5) is 2.44. The maximum atomic E-state index is 9.26. The highest BCUT2D eigenvalue weighted by molar-refractivity contribution is 4.92. The highest BCUT2D eigenvalue weighted by Crippen LogP contribution is 2.27. The molecule has 2 saturated heterocycles. The zero-order chi connectivity index (χ0) is 6.27. The topological polar surface area (TPSA) is 23.2 Å². The summed E-state index contributed by atoms with van der Waals surface area (Å²) in [6.07, 6.45) is 3.24. The lowest BCUT2D eigenvalue weighted by Crippen LogP contribution is -2.07. The molecule has 0 aromatic rings. The quantitative estimate of drug-likeness (QED) is 0.470. The lowest BCUT2D eigenvalue weighted by atomic mass is 10.1. The molecule has 2 heterocycles. The van der Waals surface area contributed by atoms with Gasteiger partial charge in [0.15, 0.2) is 0 Å². The van der Waals surface area contributed by atoms with Gasteiger partial charge in [0.05, 0.1) is 6.10 Å². The molecule has 0 radical (unpaired) electrons. The number of fused-ring (bicyclic) bond motifs is 1. The van der Waals surface area contributed by atoms with Crippen LogP contribution in [0.1, 0.15) is 19.3 Å². The van der Waals surface area contributed by atoms with E-state index in [1.807, 2.05) is 0 Å². The third-order valence-corrected chi connectivity index (χ3v) is 2.35. The van der Waals surface area contributed by atoms with Crippen LogP contribution in [-0.2, 0) is 0 Å². The molecular formula is C7H13NO. The van der Waals surface area contributed by atoms with Crippen LogP contribution in [0.5, 0.6) is 0 Å². The highest BCUT2D eigenvalue weighted by atomic mass is 16.3. The van der Waals surface area contributed by atoms with Crippen molar-refractivity contribution in [1.29, 1.82) is 0 Å². The van der Waals surface area contributed by atoms with E-state index in [-0.39, 0.29) is 6.10 Å². The van der Waals surface area contributed by atoms with Crippen LogP contribution < -0.4 is 0 Å². The summed E-state index contributed by atoms with van der Waals surface area (Å²) in [5.41, 5.74) is 0. The van der Waals surface area contributed by atoms with E-state index in [1.165, 1.54) is 19.5 Å². The zero-order valence-electron chi connectivity index (χ0n) is 5.58. The monoisotopic (exact) mass is 127 g/mol. The summed E-state index contributed by atoms with van der Waals surface area (Å²) in [5, 5.41) is 9.26. The van der Waals surface area contributed by atoms with Gasteiger partial charge in [-0.1, -0.05) is 0 Å². The summed E-state index contributed by atoms with van der Waals surface area (Å²) in [7, 11) is 0. The van der Waals surface area contributed by atoms with Crippen LogP contribution in [0.15, 0.2) is 0 Å². The lowest BCUT2D eigenvalue weighted by molar-refractivity contribution is 0.157. The SMILES string of the molecule is O[C@@H]1CCCN2CC2C1. The summed E-state index contributed by atoms with van der Waals surface area (Å²) in [5.74, 6) is 0. The van der Waals surface area contributed by atoms with E-state index < -0.39 is 0 Å². The van der Waals surface area contributed by atoms with Crippen LogP contribution >= 0.6 is 0 Å². The lowest BCUT2D eigenvalue weighted by Gasteiger charge is -2.03. The fourth-order valence-corrected chi connectivity index (χ4v) is 1.68. The van der Waals surface area contributed by atoms with Crippen molar-refractivity contribution in [3.63, 3.8) is 0 Å². The van der Waals surface area contributed by atoms with Crippen LogP contribution in [0.3, 0.4) is 0 Å². The van der Waals surface area contributed by atoms with Crippen molar-refractivity contribution in [2.24, 2.45) is 0 Å². The standard InChI is InChI=1S/C7H13NO/c9-7-2-1-3-8-5-6(8)4-7/h6-7,9H,1-5H2/t6?,7-,8?/m1/s1. The molecule has 0 spiro atoms. The molecule has 2 nitrogen and oxygen atoms in total. The first kappa shape index (κ1) is 5.69. The molecule has 2 rings (SSSR count). The summed E-state index contributed by atoms with van der Waals surface area (Å²) >= 11 is 0. The van der Waals surface area contributed by atoms with Gasteiger partial charge < -0.3 is 5.11 Å². The molecule has 2 unspecified atom stereocenters. The average molecular weight is 127 g/mol. The summed E-state index contributed by atoms with van der Waals surface area (Å²) in [6, 6.07) is 0.752. The molecule has 52 valence electrons. The van der Waals surface area contributed by atoms with Crippen molar-refractivity contribution in [2.75, 3.05) is 13.1 Å². The fourth-order valence-electron chi connectivity index (χ4n) is 1.68. The van der Waals surface area contributed by atoms with Gasteiger partial charge in [0.25, 0.3) is 0 Å². The molecule has 9 heavy (non-hydrogen) atoms. The van der Waals surface area contributed by atoms with E-state index in [4.69, 9.17) is 0 Å². The fraction of sp³-hybridized carbons (Fsp3) is 1.00. The molecular weight excluding hydrogens is 114 g/mol. The first-order chi connectivity index (χ1) is 4.36. The first-order valence-corrected chi connectivity index (χ1v) is 3.78. The van der Waals surface area contributed by atoms with Gasteiger partial charge in [0, 0.05) is 12.6 Å². The Labute approximate surface area is 55.5 Å². The number of hydrogen-bond acceptors (Lipinski definition) is 2. The largest absolute Gasteiger partial charge is 0.393 e. The number of aliphatic hydroxyl groups is 1. The highest BCUT2D eigenvalue weighted by Gasteiger charge is 2.36. The molecule has 0 aromatic heterocycles. The third kappa shape index (κ3) is 1.10. The molecule has 0 bridgehead atoms. The van der Waals surface area contributed by atoms with E-state index in [1.54, 1.807) is 0 Å². The van der Waals surface area contributed by atoms with E-state index in [9.17, 15) is 5.11 Å². The Hall–Kier alpha value is -0.0800. The van der Waals surface area contributed by atoms with E-state index in [0.717, 1.165) is 18.9 Å². The maximum absolute atomic E-state index is 9.26. The zero-order valence-corrected chi connectivity index (χ0v) is 5.58. The van der Waals surface area contributed by atoms with Gasteiger partial charge in [-0.25, -0.2) is 0 Å². The molecule has 2 fully saturated rings. The molecule has 2 aliphatic rings. The van der Waals surface area contributed by atoms with Crippen LogP contribution in [0, 0.1) is 0 Å². The van der Waals surface area contributed by atoms with Crippen molar-refractivity contribution < 1.29 is 5.11 Å². The number of rotatable bonds is 0. The Kier molecular flexibility index (Phi) is 1.24. The van der Waals surface area contributed by atoms with E-state index in [0.29, 0.717) is 0 Å². The predicted octanol–water partition coefficient (Wildman–Crippen LogP) is 0.215. The average Bonchev–Trinajstić information content (AvgIpc) is 2.43. The minimum Gasteiger partial charge on any atom is -0.393 e. The van der Waals surface area contributed by atoms with Crippen LogP contribution in [-0.4, -0.2) is 35.2 Å². The van der Waals surface area contributed by atoms with Crippen molar-refractivity contribution in [2.45, 2.75) is 31.4 Å². The van der Waals surface area contributed by atoms with Gasteiger partial charge in [-0.05, 0) is 25.8 Å². The van der Waals surface area contributed by atoms with Crippen molar-refractivity contribution in [1.82, 2.24) is 4.90 Å². The molecule has 2 aliphatic heterocycles. The molecule has 0 aliphatic carbocycles. The van der Waals surface area contributed by atoms with Crippen molar-refractivity contribution >= 4 is 0 Å². The predicted molar refractivity (Wildman–Crippen MR) is 35.2 cm³/mol. The minimum atomic E-state index is 0.00231. The van der Waals surface area contributed by atoms with E-state index >= 15 is 0 Å². The Morgan fingerprint density at radius 3 is 3.22 bits per heavy atom. The van der Waals surface area contributed by atoms with Crippen molar-refractivity contribution in [3.05, 3.63) is 0 Å². The Morgan fingerprint density at radius 2 is 2.33 bits per heavy atom. The van der Waals surface area contributed by atoms with Gasteiger partial charge in [-0.15, -0.1) is 0 Å². The second kappa shape index (κ2) is 1.96. The van der Waals surface area contributed by atoms with Gasteiger partial charge in [-0.3, -0.25) is 4.90 Å². The maximum Gasteiger partial charge on any atom is 0.0556 e. The van der Waals surface area contributed by atoms with Gasteiger partial charge in [0.1, 0.15) is 0 Å². The summed E-state index contributed by atoms with van der Waals surface area (Å²) < 4.78 is 0. The smallest absolute Gasteiger partial charge is 0.0556 e. The molecule has 1 N–H and O–H groups in total. The Bertz CT molecular complexity index is 115. The summed E-state index contributed by atoms with van der Waals surface area (Å²) in [6.45, 7) is 2.47. The van der Waals surface area contributed by atoms with Crippen LogP contribution in [0.25, 0.3) is 0 Å². The Morgan fingerprint density at radius 1 is 1.44 bits per heavy atom. The van der Waals surface area contributed by atoms with Gasteiger partial charge in [0.2, 0.25) is 0 Å². The van der Waals surface area contributed by atoms with Gasteiger partial charge >= 0.3 is 0 Å². The van der Waals surface area contributed by atoms with E-state index in [2.05, 4.69) is 4.90 Å². The Balaban J connectivity index is 1.92. The normalized spacial score (nSPS) is 49.7. The number of hydrogen-bond donors (Lipinski definition) is 1. The second-order valence-corrected chi connectivity index (χ2v) is 3.18. The first-order valence-electron chi connectivity index (χ1n) is 3.78. The number of aliphatic hydroxyl groups excluding tert-OH is 1. The molecule has 2 heteroatoms.